The second-order valence-corrected chi connectivity index (χ2v) is 6.99. The van der Waals surface area contributed by atoms with E-state index >= 15 is 0 Å². The first-order valence-electron chi connectivity index (χ1n) is 7.22. The van der Waals surface area contributed by atoms with E-state index < -0.39 is 7.12 Å². The molecule has 0 aliphatic carbocycles. The number of nitrogen functional groups attached to an aromatic ring is 1. The molecule has 5 heteroatoms. The minimum atomic E-state index is -0.445. The van der Waals surface area contributed by atoms with Crippen LogP contribution in [0.15, 0.2) is 12.4 Å². The van der Waals surface area contributed by atoms with Gasteiger partial charge < -0.3 is 15.0 Å². The van der Waals surface area contributed by atoms with Gasteiger partial charge in [-0.15, -0.1) is 0 Å². The van der Waals surface area contributed by atoms with E-state index in [1.807, 2.05) is 33.9 Å². The van der Waals surface area contributed by atoms with Gasteiger partial charge in [0.2, 0.25) is 0 Å². The summed E-state index contributed by atoms with van der Waals surface area (Å²) >= 11 is 0. The maximum Gasteiger partial charge on any atom is 0.498 e. The van der Waals surface area contributed by atoms with Crippen molar-refractivity contribution in [1.29, 1.82) is 0 Å². The minimum Gasteiger partial charge on any atom is -0.399 e. The van der Waals surface area contributed by atoms with Crippen molar-refractivity contribution in [2.45, 2.75) is 59.2 Å². The highest BCUT2D eigenvalue weighted by Gasteiger charge is 2.52. The Bertz CT molecular complexity index is 485. The summed E-state index contributed by atoms with van der Waals surface area (Å²) in [5, 5.41) is 0. The van der Waals surface area contributed by atoms with Gasteiger partial charge in [0.05, 0.1) is 11.2 Å². The normalized spacial score (nSPS) is 20.6. The Balaban J connectivity index is 2.31. The summed E-state index contributed by atoms with van der Waals surface area (Å²) in [5.74, 6) is 0.535. The van der Waals surface area contributed by atoms with E-state index in [4.69, 9.17) is 15.0 Å². The molecular weight excluding hydrogens is 251 g/mol. The van der Waals surface area contributed by atoms with Gasteiger partial charge in [0.1, 0.15) is 0 Å². The molecule has 0 atom stereocenters. The Morgan fingerprint density at radius 3 is 2.20 bits per heavy atom. The van der Waals surface area contributed by atoms with Gasteiger partial charge in [-0.25, -0.2) is 0 Å². The van der Waals surface area contributed by atoms with Crippen LogP contribution in [0.5, 0.6) is 0 Å². The van der Waals surface area contributed by atoms with Gasteiger partial charge >= 0.3 is 7.12 Å². The van der Waals surface area contributed by atoms with Crippen LogP contribution in [0.25, 0.3) is 0 Å². The molecule has 1 saturated heterocycles. The zero-order chi connectivity index (χ0) is 15.1. The van der Waals surface area contributed by atoms with Crippen LogP contribution >= 0.6 is 0 Å². The van der Waals surface area contributed by atoms with Crippen molar-refractivity contribution in [2.75, 3.05) is 5.73 Å². The van der Waals surface area contributed by atoms with Crippen LogP contribution in [0.1, 0.15) is 47.1 Å². The van der Waals surface area contributed by atoms with Crippen LogP contribution in [-0.4, -0.2) is 23.3 Å². The molecule has 0 unspecified atom stereocenters. The highest BCUT2D eigenvalue weighted by atomic mass is 16.7. The highest BCUT2D eigenvalue weighted by molar-refractivity contribution is 6.63. The van der Waals surface area contributed by atoms with Crippen molar-refractivity contribution in [2.24, 2.45) is 5.92 Å². The summed E-state index contributed by atoms with van der Waals surface area (Å²) in [4.78, 5) is 4.30. The molecule has 0 spiro atoms. The number of aromatic nitrogens is 1. The van der Waals surface area contributed by atoms with Gasteiger partial charge in [0.25, 0.3) is 0 Å². The Kier molecular flexibility index (Phi) is 3.86. The summed E-state index contributed by atoms with van der Waals surface area (Å²) < 4.78 is 12.1. The van der Waals surface area contributed by atoms with Gasteiger partial charge in [-0.2, -0.15) is 0 Å². The van der Waals surface area contributed by atoms with Crippen LogP contribution in [-0.2, 0) is 15.7 Å². The Morgan fingerprint density at radius 2 is 1.70 bits per heavy atom. The largest absolute Gasteiger partial charge is 0.498 e. The first-order chi connectivity index (χ1) is 9.14. The lowest BCUT2D eigenvalue weighted by Gasteiger charge is -2.32. The Labute approximate surface area is 122 Å². The molecule has 0 amide bonds. The van der Waals surface area contributed by atoms with Gasteiger partial charge in [-0.1, -0.05) is 13.8 Å². The van der Waals surface area contributed by atoms with Crippen LogP contribution in [0.3, 0.4) is 0 Å². The second-order valence-electron chi connectivity index (χ2n) is 6.99. The maximum atomic E-state index is 6.29. The van der Waals surface area contributed by atoms with Gasteiger partial charge in [0.15, 0.2) is 0 Å². The van der Waals surface area contributed by atoms with Crippen molar-refractivity contribution in [3.8, 4) is 0 Å². The molecule has 2 N–H and O–H groups in total. The predicted molar refractivity (Wildman–Crippen MR) is 82.9 cm³/mol. The fourth-order valence-corrected chi connectivity index (χ4v) is 2.29. The number of anilines is 1. The van der Waals surface area contributed by atoms with E-state index in [1.54, 1.807) is 6.20 Å². The first-order valence-corrected chi connectivity index (χ1v) is 7.22. The van der Waals surface area contributed by atoms with Gasteiger partial charge in [0, 0.05) is 23.5 Å². The molecule has 0 aromatic carbocycles. The van der Waals surface area contributed by atoms with Crippen molar-refractivity contribution < 1.29 is 9.31 Å². The Hall–Kier alpha value is -1.07. The molecule has 110 valence electrons. The SMILES string of the molecule is CC(C)Cc1cncc(B2OC(C)(C)C(C)(C)O2)c1N. The summed E-state index contributed by atoms with van der Waals surface area (Å²) in [5.41, 5.74) is 8.20. The smallest absolute Gasteiger partial charge is 0.399 e. The maximum absolute atomic E-state index is 6.29. The molecule has 4 nitrogen and oxygen atoms in total. The molecule has 1 aliphatic heterocycles. The molecule has 0 radical (unpaired) electrons. The lowest BCUT2D eigenvalue weighted by molar-refractivity contribution is 0.00578. The molecule has 1 aromatic heterocycles. The van der Waals surface area contributed by atoms with Crippen LogP contribution < -0.4 is 11.2 Å². The van der Waals surface area contributed by atoms with Gasteiger partial charge in [-0.05, 0) is 45.6 Å². The number of nitrogens with zero attached hydrogens (tertiary/aromatic N) is 1. The lowest BCUT2D eigenvalue weighted by Crippen LogP contribution is -2.41. The third-order valence-corrected chi connectivity index (χ3v) is 4.24. The number of rotatable bonds is 3. The molecule has 2 heterocycles. The molecule has 1 aromatic rings. The summed E-state index contributed by atoms with van der Waals surface area (Å²) in [6.45, 7) is 12.5. The topological polar surface area (TPSA) is 57.4 Å². The zero-order valence-electron chi connectivity index (χ0n) is 13.4. The van der Waals surface area contributed by atoms with E-state index in [9.17, 15) is 0 Å². The summed E-state index contributed by atoms with van der Waals surface area (Å²) in [7, 11) is -0.445. The van der Waals surface area contributed by atoms with E-state index in [0.29, 0.717) is 5.92 Å². The number of hydrogen-bond acceptors (Lipinski definition) is 4. The molecule has 0 bridgehead atoms. The van der Waals surface area contributed by atoms with Crippen molar-refractivity contribution in [3.05, 3.63) is 18.0 Å². The molecule has 20 heavy (non-hydrogen) atoms. The quantitative estimate of drug-likeness (QED) is 0.859. The number of hydrogen-bond donors (Lipinski definition) is 1. The third-order valence-electron chi connectivity index (χ3n) is 4.24. The fraction of sp³-hybridized carbons (Fsp3) is 0.667. The van der Waals surface area contributed by atoms with E-state index in [-0.39, 0.29) is 11.2 Å². The van der Waals surface area contributed by atoms with Crippen LogP contribution in [0.4, 0.5) is 5.69 Å². The molecular formula is C15H25BN2O2. The van der Waals surface area contributed by atoms with Crippen molar-refractivity contribution >= 4 is 18.3 Å². The average Bonchev–Trinajstić information content (AvgIpc) is 2.50. The Morgan fingerprint density at radius 1 is 1.15 bits per heavy atom. The van der Waals surface area contributed by atoms with Gasteiger partial charge in [-0.3, -0.25) is 4.98 Å². The van der Waals surface area contributed by atoms with Crippen LogP contribution in [0, 0.1) is 5.92 Å². The standard InChI is InChI=1S/C15H25BN2O2/c1-10(2)7-11-8-18-9-12(13(11)17)16-19-14(3,4)15(5,6)20-16/h8-10H,7H2,1-6H3,(H2,17,18). The molecule has 2 rings (SSSR count). The van der Waals surface area contributed by atoms with E-state index in [2.05, 4.69) is 18.8 Å². The molecule has 0 saturated carbocycles. The predicted octanol–water partition coefficient (Wildman–Crippen LogP) is 2.16. The van der Waals surface area contributed by atoms with E-state index in [0.717, 1.165) is 23.1 Å². The van der Waals surface area contributed by atoms with Crippen molar-refractivity contribution in [1.82, 2.24) is 4.98 Å². The summed E-state index contributed by atoms with van der Waals surface area (Å²) in [6, 6.07) is 0. The number of pyridine rings is 1. The first kappa shape index (κ1) is 15.3. The highest BCUT2D eigenvalue weighted by Crippen LogP contribution is 2.37. The molecule has 1 fully saturated rings. The minimum absolute atomic E-state index is 0.363. The van der Waals surface area contributed by atoms with E-state index in [1.165, 1.54) is 0 Å². The zero-order valence-corrected chi connectivity index (χ0v) is 13.4. The molecule has 1 aliphatic rings. The lowest BCUT2D eigenvalue weighted by atomic mass is 9.77. The fourth-order valence-electron chi connectivity index (χ4n) is 2.29. The third kappa shape index (κ3) is 2.70. The van der Waals surface area contributed by atoms with Crippen LogP contribution in [0.2, 0.25) is 0 Å². The summed E-state index contributed by atoms with van der Waals surface area (Å²) in [6.07, 6.45) is 4.50. The average molecular weight is 276 g/mol. The monoisotopic (exact) mass is 276 g/mol. The number of nitrogens with two attached hydrogens (primary N) is 1. The second kappa shape index (κ2) is 5.04. The van der Waals surface area contributed by atoms with Crippen molar-refractivity contribution in [3.63, 3.8) is 0 Å².